The summed E-state index contributed by atoms with van der Waals surface area (Å²) in [5.41, 5.74) is -0.362. The second-order valence-electron chi connectivity index (χ2n) is 3.91. The summed E-state index contributed by atoms with van der Waals surface area (Å²) < 4.78 is 41.6. The molecule has 1 rings (SSSR count). The van der Waals surface area contributed by atoms with Gasteiger partial charge in [0.05, 0.1) is 12.5 Å². The van der Waals surface area contributed by atoms with Crippen LogP contribution in [-0.4, -0.2) is 17.6 Å². The predicted molar refractivity (Wildman–Crippen MR) is 58.7 cm³/mol. The summed E-state index contributed by atoms with van der Waals surface area (Å²) >= 11 is 0. The first-order valence-corrected chi connectivity index (χ1v) is 5.53. The molecule has 0 saturated heterocycles. The highest BCUT2D eigenvalue weighted by molar-refractivity contribution is 5.72. The summed E-state index contributed by atoms with van der Waals surface area (Å²) in [7, 11) is 0. The van der Waals surface area contributed by atoms with Crippen LogP contribution in [0.15, 0.2) is 18.3 Å². The molecule has 1 aromatic heterocycles. The van der Waals surface area contributed by atoms with Crippen LogP contribution in [0.2, 0.25) is 0 Å². The summed E-state index contributed by atoms with van der Waals surface area (Å²) in [6.45, 7) is 3.65. The minimum Gasteiger partial charge on any atom is -0.466 e. The minimum atomic E-state index is -4.44. The van der Waals surface area contributed by atoms with Crippen LogP contribution in [0.4, 0.5) is 13.2 Å². The average molecular weight is 261 g/mol. The van der Waals surface area contributed by atoms with Crippen molar-refractivity contribution in [1.82, 2.24) is 4.98 Å². The first kappa shape index (κ1) is 14.5. The second-order valence-corrected chi connectivity index (χ2v) is 3.91. The van der Waals surface area contributed by atoms with Gasteiger partial charge in [0.15, 0.2) is 0 Å². The van der Waals surface area contributed by atoms with Gasteiger partial charge in [-0.3, -0.25) is 9.78 Å². The molecule has 1 heterocycles. The van der Waals surface area contributed by atoms with Gasteiger partial charge in [-0.15, -0.1) is 0 Å². The lowest BCUT2D eigenvalue weighted by molar-refractivity contribution is -0.147. The number of nitrogens with zero attached hydrogens (tertiary/aromatic N) is 1. The quantitative estimate of drug-likeness (QED) is 0.782. The average Bonchev–Trinajstić information content (AvgIpc) is 2.28. The van der Waals surface area contributed by atoms with E-state index in [9.17, 15) is 18.0 Å². The van der Waals surface area contributed by atoms with Gasteiger partial charge in [0.25, 0.3) is 0 Å². The molecule has 100 valence electrons. The number of rotatable bonds is 4. The van der Waals surface area contributed by atoms with E-state index in [2.05, 4.69) is 4.98 Å². The molecule has 0 radical (unpaired) electrons. The lowest BCUT2D eigenvalue weighted by atomic mass is 10.0. The van der Waals surface area contributed by atoms with Gasteiger partial charge in [-0.05, 0) is 25.0 Å². The maximum absolute atomic E-state index is 12.3. The first-order valence-electron chi connectivity index (χ1n) is 5.53. The summed E-state index contributed by atoms with van der Waals surface area (Å²) in [6, 6.07) is 2.23. The predicted octanol–water partition coefficient (Wildman–Crippen LogP) is 2.84. The van der Waals surface area contributed by atoms with Gasteiger partial charge < -0.3 is 4.74 Å². The van der Waals surface area contributed by atoms with Crippen molar-refractivity contribution in [3.05, 3.63) is 29.6 Å². The number of hydrogen-bond acceptors (Lipinski definition) is 3. The molecule has 0 spiro atoms. The Hall–Kier alpha value is -1.59. The number of aromatic nitrogens is 1. The van der Waals surface area contributed by atoms with E-state index in [1.807, 2.05) is 0 Å². The third-order valence-electron chi connectivity index (χ3n) is 2.35. The zero-order valence-corrected chi connectivity index (χ0v) is 10.1. The third-order valence-corrected chi connectivity index (χ3v) is 2.35. The number of alkyl halides is 3. The number of carbonyl (C=O) groups is 1. The van der Waals surface area contributed by atoms with Crippen molar-refractivity contribution in [2.45, 2.75) is 26.4 Å². The first-order chi connectivity index (χ1) is 8.34. The van der Waals surface area contributed by atoms with Crippen molar-refractivity contribution in [1.29, 1.82) is 0 Å². The Morgan fingerprint density at radius 2 is 2.11 bits per heavy atom. The lowest BCUT2D eigenvalue weighted by Crippen LogP contribution is -2.17. The molecule has 0 aliphatic carbocycles. The molecule has 0 N–H and O–H groups in total. The second kappa shape index (κ2) is 5.84. The molecule has 0 aliphatic heterocycles. The Morgan fingerprint density at radius 1 is 1.44 bits per heavy atom. The Morgan fingerprint density at radius 3 is 2.56 bits per heavy atom. The Labute approximate surface area is 103 Å². The number of carbonyl (C=O) groups excluding carboxylic acids is 1. The molecule has 0 saturated carbocycles. The van der Waals surface area contributed by atoms with Crippen molar-refractivity contribution in [2.24, 2.45) is 5.92 Å². The topological polar surface area (TPSA) is 39.2 Å². The molecule has 18 heavy (non-hydrogen) atoms. The van der Waals surface area contributed by atoms with E-state index in [4.69, 9.17) is 4.74 Å². The molecular weight excluding hydrogens is 247 g/mol. The number of esters is 1. The Balaban J connectivity index is 2.67. The third kappa shape index (κ3) is 4.01. The summed E-state index contributed by atoms with van der Waals surface area (Å²) in [5, 5.41) is 0. The molecule has 1 unspecified atom stereocenters. The van der Waals surface area contributed by atoms with Crippen molar-refractivity contribution in [3.63, 3.8) is 0 Å². The fourth-order valence-corrected chi connectivity index (χ4v) is 1.43. The molecule has 0 amide bonds. The number of pyridine rings is 1. The number of ether oxygens (including phenoxy) is 1. The Kier molecular flexibility index (Phi) is 4.69. The van der Waals surface area contributed by atoms with E-state index < -0.39 is 17.8 Å². The fraction of sp³-hybridized carbons (Fsp3) is 0.500. The molecule has 0 fully saturated rings. The van der Waals surface area contributed by atoms with Gasteiger partial charge in [0.2, 0.25) is 0 Å². The molecule has 1 aromatic rings. The van der Waals surface area contributed by atoms with Gasteiger partial charge in [0.1, 0.15) is 5.69 Å². The van der Waals surface area contributed by atoms with E-state index in [-0.39, 0.29) is 12.6 Å². The van der Waals surface area contributed by atoms with Gasteiger partial charge in [0, 0.05) is 6.20 Å². The zero-order valence-electron chi connectivity index (χ0n) is 10.1. The van der Waals surface area contributed by atoms with Gasteiger partial charge in [-0.2, -0.15) is 13.2 Å². The fourth-order valence-electron chi connectivity index (χ4n) is 1.43. The highest BCUT2D eigenvalue weighted by Gasteiger charge is 2.32. The van der Waals surface area contributed by atoms with Crippen LogP contribution < -0.4 is 0 Å². The van der Waals surface area contributed by atoms with Crippen molar-refractivity contribution >= 4 is 5.97 Å². The van der Waals surface area contributed by atoms with Crippen LogP contribution in [0.5, 0.6) is 0 Å². The number of hydrogen-bond donors (Lipinski definition) is 0. The van der Waals surface area contributed by atoms with Crippen molar-refractivity contribution < 1.29 is 22.7 Å². The highest BCUT2D eigenvalue weighted by Crippen LogP contribution is 2.27. The van der Waals surface area contributed by atoms with Gasteiger partial charge in [-0.1, -0.05) is 13.0 Å². The van der Waals surface area contributed by atoms with E-state index in [0.717, 1.165) is 12.3 Å². The zero-order chi connectivity index (χ0) is 13.8. The van der Waals surface area contributed by atoms with Gasteiger partial charge in [-0.25, -0.2) is 0 Å². The normalized spacial score (nSPS) is 13.2. The van der Waals surface area contributed by atoms with E-state index in [0.29, 0.717) is 12.0 Å². The Bertz CT molecular complexity index is 401. The molecular formula is C12H14F3NO2. The summed E-state index contributed by atoms with van der Waals surface area (Å²) in [4.78, 5) is 14.7. The molecule has 3 nitrogen and oxygen atoms in total. The smallest absolute Gasteiger partial charge is 0.433 e. The van der Waals surface area contributed by atoms with Crippen LogP contribution >= 0.6 is 0 Å². The van der Waals surface area contributed by atoms with E-state index in [1.165, 1.54) is 6.07 Å². The monoisotopic (exact) mass is 261 g/mol. The van der Waals surface area contributed by atoms with Crippen LogP contribution in [0, 0.1) is 5.92 Å². The highest BCUT2D eigenvalue weighted by atomic mass is 19.4. The number of halogens is 3. The van der Waals surface area contributed by atoms with Crippen molar-refractivity contribution in [3.8, 4) is 0 Å². The molecule has 1 atom stereocenters. The van der Waals surface area contributed by atoms with Crippen LogP contribution in [-0.2, 0) is 22.1 Å². The largest absolute Gasteiger partial charge is 0.466 e. The van der Waals surface area contributed by atoms with Crippen LogP contribution in [0.1, 0.15) is 25.1 Å². The molecule has 6 heteroatoms. The van der Waals surface area contributed by atoms with Gasteiger partial charge >= 0.3 is 12.1 Å². The molecule has 0 aliphatic rings. The summed E-state index contributed by atoms with van der Waals surface area (Å²) in [6.07, 6.45) is -2.99. The lowest BCUT2D eigenvalue weighted by Gasteiger charge is -2.11. The maximum Gasteiger partial charge on any atom is 0.433 e. The van der Waals surface area contributed by atoms with E-state index >= 15 is 0 Å². The summed E-state index contributed by atoms with van der Waals surface area (Å²) in [5.74, 6) is -0.763. The van der Waals surface area contributed by atoms with Crippen LogP contribution in [0.25, 0.3) is 0 Å². The SMILES string of the molecule is CCOC(=O)C(C)Cc1ccc(C(F)(F)F)nc1. The van der Waals surface area contributed by atoms with E-state index in [1.54, 1.807) is 13.8 Å². The molecule has 0 bridgehead atoms. The maximum atomic E-state index is 12.3. The minimum absolute atomic E-state index is 0.286. The molecule has 0 aromatic carbocycles. The van der Waals surface area contributed by atoms with Crippen LogP contribution in [0.3, 0.4) is 0 Å². The standard InChI is InChI=1S/C12H14F3NO2/c1-3-18-11(17)8(2)6-9-4-5-10(16-7-9)12(13,14)15/h4-5,7-8H,3,6H2,1-2H3. The van der Waals surface area contributed by atoms with Crippen molar-refractivity contribution in [2.75, 3.05) is 6.61 Å².